The second kappa shape index (κ2) is 3.43. The number of hydrogen-bond acceptors (Lipinski definition) is 1. The molecule has 0 aromatic heterocycles. The van der Waals surface area contributed by atoms with Crippen molar-refractivity contribution >= 4 is 23.4 Å². The number of thiol groups is 1. The molecule has 0 saturated carbocycles. The lowest BCUT2D eigenvalue weighted by atomic mass is 10.0. The third-order valence-corrected chi connectivity index (χ3v) is 2.46. The SMILES string of the molecule is [CH2]C(S)c1cccc2ccccc12. The molecule has 0 spiro atoms. The molecule has 0 amide bonds. The number of rotatable bonds is 1. The van der Waals surface area contributed by atoms with Gasteiger partial charge in [0, 0.05) is 5.25 Å². The van der Waals surface area contributed by atoms with Crippen LogP contribution in [0.5, 0.6) is 0 Å². The average Bonchev–Trinajstić information content (AvgIpc) is 2.17. The van der Waals surface area contributed by atoms with Crippen LogP contribution in [0.15, 0.2) is 42.5 Å². The van der Waals surface area contributed by atoms with Crippen LogP contribution in [0.2, 0.25) is 0 Å². The van der Waals surface area contributed by atoms with Gasteiger partial charge >= 0.3 is 0 Å². The number of benzene rings is 2. The van der Waals surface area contributed by atoms with Gasteiger partial charge in [-0.15, -0.1) is 0 Å². The van der Waals surface area contributed by atoms with E-state index in [2.05, 4.69) is 43.8 Å². The molecule has 13 heavy (non-hydrogen) atoms. The molecule has 2 aromatic rings. The minimum Gasteiger partial charge on any atom is -0.171 e. The minimum absolute atomic E-state index is 0.0473. The molecule has 1 unspecified atom stereocenters. The topological polar surface area (TPSA) is 0 Å². The van der Waals surface area contributed by atoms with Crippen LogP contribution in [0, 0.1) is 6.92 Å². The molecule has 65 valence electrons. The highest BCUT2D eigenvalue weighted by molar-refractivity contribution is 7.80. The summed E-state index contributed by atoms with van der Waals surface area (Å²) in [6.45, 7) is 3.92. The molecule has 0 aliphatic carbocycles. The maximum atomic E-state index is 4.35. The third-order valence-electron chi connectivity index (χ3n) is 2.18. The van der Waals surface area contributed by atoms with Crippen LogP contribution in [0.25, 0.3) is 10.8 Å². The first-order chi connectivity index (χ1) is 6.29. The van der Waals surface area contributed by atoms with Gasteiger partial charge in [-0.2, -0.15) is 12.6 Å². The first-order valence-electron chi connectivity index (χ1n) is 4.28. The Hall–Kier alpha value is -0.950. The lowest BCUT2D eigenvalue weighted by molar-refractivity contribution is 1.27. The standard InChI is InChI=1S/C12H11S/c1-9(13)11-8-4-6-10-5-2-3-7-12(10)11/h2-9,13H,1H2. The quantitative estimate of drug-likeness (QED) is 0.647. The van der Waals surface area contributed by atoms with E-state index in [0.29, 0.717) is 0 Å². The highest BCUT2D eigenvalue weighted by Crippen LogP contribution is 2.26. The van der Waals surface area contributed by atoms with Gasteiger partial charge in [0.2, 0.25) is 0 Å². The zero-order valence-corrected chi connectivity index (χ0v) is 8.17. The van der Waals surface area contributed by atoms with Gasteiger partial charge in [-0.3, -0.25) is 0 Å². The Morgan fingerprint density at radius 3 is 2.46 bits per heavy atom. The maximum Gasteiger partial charge on any atom is 0.0273 e. The number of hydrogen-bond donors (Lipinski definition) is 1. The summed E-state index contributed by atoms with van der Waals surface area (Å²) in [6, 6.07) is 14.5. The van der Waals surface area contributed by atoms with Crippen LogP contribution < -0.4 is 0 Å². The minimum atomic E-state index is 0.0473. The van der Waals surface area contributed by atoms with Crippen molar-refractivity contribution < 1.29 is 0 Å². The predicted octanol–water partition coefficient (Wildman–Crippen LogP) is 3.64. The fraction of sp³-hybridized carbons (Fsp3) is 0.0833. The van der Waals surface area contributed by atoms with E-state index in [1.807, 2.05) is 18.2 Å². The van der Waals surface area contributed by atoms with E-state index in [1.54, 1.807) is 0 Å². The second-order valence-electron chi connectivity index (χ2n) is 3.08. The van der Waals surface area contributed by atoms with E-state index < -0.39 is 0 Å². The molecule has 0 heterocycles. The van der Waals surface area contributed by atoms with Gasteiger partial charge in [-0.05, 0) is 23.3 Å². The van der Waals surface area contributed by atoms with Crippen LogP contribution in [-0.2, 0) is 0 Å². The average molecular weight is 187 g/mol. The van der Waals surface area contributed by atoms with Crippen molar-refractivity contribution in [2.45, 2.75) is 5.25 Å². The summed E-state index contributed by atoms with van der Waals surface area (Å²) in [5.74, 6) is 0. The van der Waals surface area contributed by atoms with Gasteiger partial charge in [0.15, 0.2) is 0 Å². The van der Waals surface area contributed by atoms with E-state index in [-0.39, 0.29) is 5.25 Å². The molecule has 0 saturated heterocycles. The van der Waals surface area contributed by atoms with Gasteiger partial charge < -0.3 is 0 Å². The molecule has 0 N–H and O–H groups in total. The normalized spacial score (nSPS) is 13.1. The van der Waals surface area contributed by atoms with Crippen LogP contribution in [0.4, 0.5) is 0 Å². The summed E-state index contributed by atoms with van der Waals surface area (Å²) in [4.78, 5) is 0. The summed E-state index contributed by atoms with van der Waals surface area (Å²) in [5.41, 5.74) is 1.20. The molecule has 0 aliphatic rings. The summed E-state index contributed by atoms with van der Waals surface area (Å²) >= 11 is 4.35. The summed E-state index contributed by atoms with van der Waals surface area (Å²) in [7, 11) is 0. The van der Waals surface area contributed by atoms with E-state index in [0.717, 1.165) is 0 Å². The van der Waals surface area contributed by atoms with Gasteiger partial charge in [-0.25, -0.2) is 0 Å². The first kappa shape index (κ1) is 8.64. The Labute approximate surface area is 84.0 Å². The molecule has 0 fully saturated rings. The highest BCUT2D eigenvalue weighted by Gasteiger charge is 2.03. The van der Waals surface area contributed by atoms with E-state index in [4.69, 9.17) is 0 Å². The van der Waals surface area contributed by atoms with E-state index in [9.17, 15) is 0 Å². The van der Waals surface area contributed by atoms with Crippen molar-refractivity contribution in [2.24, 2.45) is 0 Å². The first-order valence-corrected chi connectivity index (χ1v) is 4.79. The maximum absolute atomic E-state index is 4.35. The molecule has 2 aromatic carbocycles. The monoisotopic (exact) mass is 187 g/mol. The summed E-state index contributed by atoms with van der Waals surface area (Å²) in [6.07, 6.45) is 0. The lowest BCUT2D eigenvalue weighted by Gasteiger charge is -2.08. The molecule has 0 nitrogen and oxygen atoms in total. The van der Waals surface area contributed by atoms with Crippen molar-refractivity contribution in [3.63, 3.8) is 0 Å². The van der Waals surface area contributed by atoms with Crippen molar-refractivity contribution in [2.75, 3.05) is 0 Å². The van der Waals surface area contributed by atoms with Crippen molar-refractivity contribution in [1.29, 1.82) is 0 Å². The van der Waals surface area contributed by atoms with Crippen molar-refractivity contribution in [1.82, 2.24) is 0 Å². The van der Waals surface area contributed by atoms with Crippen LogP contribution in [0.1, 0.15) is 10.8 Å². The van der Waals surface area contributed by atoms with Gasteiger partial charge in [-0.1, -0.05) is 42.5 Å². The molecular weight excluding hydrogens is 176 g/mol. The lowest BCUT2D eigenvalue weighted by Crippen LogP contribution is -1.86. The Bertz CT molecular complexity index is 413. The fourth-order valence-electron chi connectivity index (χ4n) is 1.54. The van der Waals surface area contributed by atoms with Crippen molar-refractivity contribution in [3.05, 3.63) is 55.0 Å². The zero-order chi connectivity index (χ0) is 9.26. The fourth-order valence-corrected chi connectivity index (χ4v) is 1.77. The second-order valence-corrected chi connectivity index (χ2v) is 3.71. The summed E-state index contributed by atoms with van der Waals surface area (Å²) in [5, 5.41) is 2.55. The largest absolute Gasteiger partial charge is 0.171 e. The Balaban J connectivity index is 2.76. The molecule has 0 aliphatic heterocycles. The molecule has 1 atom stereocenters. The predicted molar refractivity (Wildman–Crippen MR) is 61.0 cm³/mol. The van der Waals surface area contributed by atoms with E-state index >= 15 is 0 Å². The summed E-state index contributed by atoms with van der Waals surface area (Å²) < 4.78 is 0. The molecular formula is C12H11S. The zero-order valence-electron chi connectivity index (χ0n) is 7.27. The van der Waals surface area contributed by atoms with Crippen LogP contribution in [-0.4, -0.2) is 0 Å². The van der Waals surface area contributed by atoms with Gasteiger partial charge in [0.25, 0.3) is 0 Å². The molecule has 1 heteroatoms. The molecule has 0 bridgehead atoms. The Kier molecular flexibility index (Phi) is 2.28. The van der Waals surface area contributed by atoms with Crippen LogP contribution >= 0.6 is 12.6 Å². The Morgan fingerprint density at radius 1 is 1.00 bits per heavy atom. The Morgan fingerprint density at radius 2 is 1.69 bits per heavy atom. The van der Waals surface area contributed by atoms with E-state index in [1.165, 1.54) is 16.3 Å². The van der Waals surface area contributed by atoms with Gasteiger partial charge in [0.05, 0.1) is 0 Å². The molecule has 1 radical (unpaired) electrons. The van der Waals surface area contributed by atoms with Gasteiger partial charge in [0.1, 0.15) is 0 Å². The number of fused-ring (bicyclic) bond motifs is 1. The highest BCUT2D eigenvalue weighted by atomic mass is 32.1. The van der Waals surface area contributed by atoms with Crippen molar-refractivity contribution in [3.8, 4) is 0 Å². The smallest absolute Gasteiger partial charge is 0.0273 e. The molecule has 2 rings (SSSR count). The van der Waals surface area contributed by atoms with Crippen LogP contribution in [0.3, 0.4) is 0 Å². The third kappa shape index (κ3) is 1.56.